The van der Waals surface area contributed by atoms with Crippen molar-refractivity contribution in [3.05, 3.63) is 0 Å². The van der Waals surface area contributed by atoms with E-state index in [0.29, 0.717) is 0 Å². The van der Waals surface area contributed by atoms with Crippen LogP contribution in [0.2, 0.25) is 0 Å². The van der Waals surface area contributed by atoms with Crippen LogP contribution in [0.25, 0.3) is 0 Å². The van der Waals surface area contributed by atoms with E-state index >= 15 is 0 Å². The Balaban J connectivity index is 5.91. The Bertz CT molecular complexity index is 1240. The maximum absolute atomic E-state index is 13.4. The van der Waals surface area contributed by atoms with E-state index in [1.165, 1.54) is 39.7 Å². The molecule has 0 aromatic rings. The lowest BCUT2D eigenvalue weighted by molar-refractivity contribution is -0.152. The maximum atomic E-state index is 13.4. The Morgan fingerprint density at radius 1 is 0.350 bits per heavy atom. The average Bonchev–Trinajstić information content (AvgIpc) is 3.17. The van der Waals surface area contributed by atoms with Gasteiger partial charge in [0.2, 0.25) is 35.4 Å². The van der Waals surface area contributed by atoms with E-state index in [2.05, 4.69) is 0 Å². The van der Waals surface area contributed by atoms with Crippen molar-refractivity contribution >= 4 is 58.6 Å². The number of amides is 6. The summed E-state index contributed by atoms with van der Waals surface area (Å²) in [7, 11) is 1.41. The van der Waals surface area contributed by atoms with Crippen LogP contribution in [-0.2, 0) is 76.4 Å². The highest BCUT2D eigenvalue weighted by atomic mass is 16.5. The molecule has 0 unspecified atom stereocenters. The monoisotopic (exact) mass is 860 g/mol. The molecule has 22 heteroatoms. The maximum Gasteiger partial charge on any atom is 0.249 e. The fraction of sp³-hybridized carbons (Fsp3) is 0.737. The van der Waals surface area contributed by atoms with Crippen LogP contribution in [0.4, 0.5) is 0 Å². The van der Waals surface area contributed by atoms with Crippen LogP contribution in [0, 0.1) is 0 Å². The van der Waals surface area contributed by atoms with Crippen LogP contribution in [0.3, 0.4) is 0 Å². The molecule has 0 fully saturated rings. The minimum atomic E-state index is -0.805. The molecular weight excluding hydrogens is 796 g/mol. The predicted octanol–water partition coefficient (Wildman–Crippen LogP) is -2.02. The summed E-state index contributed by atoms with van der Waals surface area (Å²) in [6.07, 6.45) is 0. The van der Waals surface area contributed by atoms with Crippen LogP contribution in [-0.4, -0.2) is 227 Å². The van der Waals surface area contributed by atoms with Crippen LogP contribution in [0.1, 0.15) is 48.5 Å². The van der Waals surface area contributed by atoms with Gasteiger partial charge in [-0.3, -0.25) is 47.9 Å². The summed E-state index contributed by atoms with van der Waals surface area (Å²) in [6.45, 7) is 4.75. The Morgan fingerprint density at radius 2 is 0.633 bits per heavy atom. The lowest BCUT2D eigenvalue weighted by Gasteiger charge is -2.29. The van der Waals surface area contributed by atoms with Gasteiger partial charge in [-0.05, 0) is 48.5 Å². The van der Waals surface area contributed by atoms with Crippen LogP contribution >= 0.6 is 0 Å². The van der Waals surface area contributed by atoms with Crippen molar-refractivity contribution in [3.63, 3.8) is 0 Å². The van der Waals surface area contributed by atoms with Crippen molar-refractivity contribution in [2.75, 3.05) is 139 Å². The fourth-order valence-electron chi connectivity index (χ4n) is 4.93. The van der Waals surface area contributed by atoms with Gasteiger partial charge in [0.25, 0.3) is 0 Å². The van der Waals surface area contributed by atoms with E-state index in [1.807, 2.05) is 0 Å². The van der Waals surface area contributed by atoms with E-state index in [-0.39, 0.29) is 116 Å². The second-order valence-corrected chi connectivity index (χ2v) is 13.4. The van der Waals surface area contributed by atoms with E-state index in [0.717, 1.165) is 24.5 Å². The number of Topliss-reactive ketones (excluding diaryl/α,β-unsaturated/α-hetero) is 4. The predicted molar refractivity (Wildman–Crippen MR) is 211 cm³/mol. The minimum Gasteiger partial charge on any atom is -0.383 e. The van der Waals surface area contributed by atoms with Gasteiger partial charge in [-0.15, -0.1) is 0 Å². The number of rotatable bonds is 35. The van der Waals surface area contributed by atoms with Crippen molar-refractivity contribution in [3.8, 4) is 0 Å². The number of ether oxygens (including phenoxy) is 6. The first-order chi connectivity index (χ1) is 28.4. The second kappa shape index (κ2) is 32.1. The van der Waals surface area contributed by atoms with Crippen molar-refractivity contribution in [1.82, 2.24) is 29.4 Å². The number of methoxy groups -OCH3 is 1. The Kier molecular flexibility index (Phi) is 29.6. The molecule has 0 aliphatic rings. The highest BCUT2D eigenvalue weighted by Gasteiger charge is 2.29. The number of hydrogen-bond donors (Lipinski definition) is 0. The number of nitrogens with zero attached hydrogens (tertiary/aromatic N) is 6. The molecule has 0 aliphatic carbocycles. The summed E-state index contributed by atoms with van der Waals surface area (Å²) in [5.41, 5.74) is 0. The summed E-state index contributed by atoms with van der Waals surface area (Å²) in [6, 6.07) is 0. The fourth-order valence-corrected chi connectivity index (χ4v) is 4.93. The quantitative estimate of drug-likeness (QED) is 0.0493. The first kappa shape index (κ1) is 55.3. The van der Waals surface area contributed by atoms with Gasteiger partial charge in [-0.25, -0.2) is 0 Å². The van der Waals surface area contributed by atoms with Gasteiger partial charge in [-0.2, -0.15) is 0 Å². The van der Waals surface area contributed by atoms with Crippen LogP contribution in [0.5, 0.6) is 0 Å². The summed E-state index contributed by atoms with van der Waals surface area (Å²) >= 11 is 0. The van der Waals surface area contributed by atoms with Crippen LogP contribution < -0.4 is 0 Å². The summed E-state index contributed by atoms with van der Waals surface area (Å²) in [5.74, 6) is -5.71. The lowest BCUT2D eigenvalue weighted by atomic mass is 10.3. The molecule has 0 radical (unpaired) electrons. The molecule has 0 N–H and O–H groups in total. The molecule has 22 nitrogen and oxygen atoms in total. The highest BCUT2D eigenvalue weighted by molar-refractivity contribution is 5.93. The molecule has 0 aromatic heterocycles. The summed E-state index contributed by atoms with van der Waals surface area (Å²) in [4.78, 5) is 133. The Labute approximate surface area is 351 Å². The summed E-state index contributed by atoms with van der Waals surface area (Å²) in [5, 5.41) is 0. The molecule has 0 aromatic carbocycles. The molecule has 0 heterocycles. The van der Waals surface area contributed by atoms with Gasteiger partial charge in [0.1, 0.15) is 82.7 Å². The van der Waals surface area contributed by atoms with Crippen molar-refractivity contribution < 1.29 is 76.4 Å². The van der Waals surface area contributed by atoms with Crippen molar-refractivity contribution in [2.24, 2.45) is 0 Å². The van der Waals surface area contributed by atoms with Gasteiger partial charge < -0.3 is 57.8 Å². The molecule has 0 saturated carbocycles. The summed E-state index contributed by atoms with van der Waals surface area (Å²) < 4.78 is 31.8. The Morgan fingerprint density at radius 3 is 0.900 bits per heavy atom. The third-order valence-corrected chi connectivity index (χ3v) is 7.82. The second-order valence-electron chi connectivity index (χ2n) is 13.4. The van der Waals surface area contributed by atoms with E-state index in [4.69, 9.17) is 28.4 Å². The molecule has 0 spiro atoms. The number of carbonyl (C=O) groups is 10. The first-order valence-corrected chi connectivity index (χ1v) is 19.4. The van der Waals surface area contributed by atoms with Crippen molar-refractivity contribution in [1.29, 1.82) is 0 Å². The van der Waals surface area contributed by atoms with E-state index < -0.39 is 74.8 Å². The first-order valence-electron chi connectivity index (χ1n) is 19.4. The Hall–Kier alpha value is -4.74. The molecule has 60 heavy (non-hydrogen) atoms. The largest absolute Gasteiger partial charge is 0.383 e. The van der Waals surface area contributed by atoms with E-state index in [1.54, 1.807) is 20.8 Å². The van der Waals surface area contributed by atoms with Crippen LogP contribution in [0.15, 0.2) is 0 Å². The average molecular weight is 861 g/mol. The highest BCUT2D eigenvalue weighted by Crippen LogP contribution is 2.04. The molecule has 0 aliphatic heterocycles. The van der Waals surface area contributed by atoms with Gasteiger partial charge in [0.05, 0.1) is 46.0 Å². The third kappa shape index (κ3) is 25.0. The van der Waals surface area contributed by atoms with Gasteiger partial charge in [0.15, 0.2) is 0 Å². The topological polar surface area (TPSA) is 246 Å². The number of carbonyl (C=O) groups excluding carboxylic acids is 10. The SMILES string of the molecule is CCOCN(CC(C)=O)C(=O)CN(CC(=O)N(CCOC)CC(C)=O)C(=O)COCCOCC(=O)N(CC(=O)N(COCC)CC(C)=O)CC(=O)N(COCC)CC(C)=O. The van der Waals surface area contributed by atoms with Gasteiger partial charge >= 0.3 is 0 Å². The molecule has 0 bridgehead atoms. The molecule has 0 rings (SSSR count). The zero-order chi connectivity index (χ0) is 45.6. The standard InChI is InChI=1S/C38H64N6O16/c1-9-56-26-42(17-30(5)46)34(50)21-40(20-33(49)39(12-13-55-8)16-29(4)45)37(53)24-59-14-15-60-25-38(54)41(22-35(51)43(18-31(6)47)27-57-10-2)23-36(52)44(19-32(7)48)28-58-11-3/h9-28H2,1-8H3. The van der Waals surface area contributed by atoms with E-state index in [9.17, 15) is 47.9 Å². The normalized spacial score (nSPS) is 10.7. The number of ketones is 4. The van der Waals surface area contributed by atoms with Gasteiger partial charge in [-0.1, -0.05) is 0 Å². The van der Waals surface area contributed by atoms with Crippen molar-refractivity contribution in [2.45, 2.75) is 48.5 Å². The molecule has 0 atom stereocenters. The zero-order valence-electron chi connectivity index (χ0n) is 36.4. The minimum absolute atomic E-state index is 0.0336. The van der Waals surface area contributed by atoms with Gasteiger partial charge in [0, 0.05) is 33.5 Å². The zero-order valence-corrected chi connectivity index (χ0v) is 36.4. The molecule has 6 amide bonds. The molecular formula is C38H64N6O16. The third-order valence-electron chi connectivity index (χ3n) is 7.82. The number of hydrogen-bond acceptors (Lipinski definition) is 16. The lowest BCUT2D eigenvalue weighted by Crippen LogP contribution is -2.50. The smallest absolute Gasteiger partial charge is 0.249 e. The molecule has 0 saturated heterocycles. The molecule has 342 valence electrons.